The zero-order chi connectivity index (χ0) is 36.6. The lowest BCUT2D eigenvalue weighted by atomic mass is 9.86. The number of benzene rings is 6. The first-order valence-corrected chi connectivity index (χ1v) is 10.7. The highest BCUT2D eigenvalue weighted by Gasteiger charge is 2.17. The van der Waals surface area contributed by atoms with Gasteiger partial charge >= 0.3 is 0 Å². The van der Waals surface area contributed by atoms with Crippen LogP contribution in [0, 0.1) is 0 Å². The highest BCUT2D eigenvalue weighted by Crippen LogP contribution is 2.45. The van der Waals surface area contributed by atoms with E-state index in [-0.39, 0.29) is 60.4 Å². The van der Waals surface area contributed by atoms with Crippen molar-refractivity contribution in [1.29, 1.82) is 0 Å². The van der Waals surface area contributed by atoms with Gasteiger partial charge in [-0.15, -0.1) is 11.3 Å². The molecule has 0 nitrogen and oxygen atoms in total. The van der Waals surface area contributed by atoms with Crippen LogP contribution >= 0.6 is 11.3 Å². The summed E-state index contributed by atoms with van der Waals surface area (Å²) in [7, 11) is 0. The number of hydrogen-bond donors (Lipinski definition) is 0. The van der Waals surface area contributed by atoms with Crippen LogP contribution in [0.3, 0.4) is 0 Å². The average Bonchev–Trinajstić information content (AvgIpc) is 3.49. The summed E-state index contributed by atoms with van der Waals surface area (Å²) in [5.41, 5.74) is -0.775. The summed E-state index contributed by atoms with van der Waals surface area (Å²) < 4.78 is 147. The first kappa shape index (κ1) is 8.44. The van der Waals surface area contributed by atoms with Gasteiger partial charge in [0.05, 0.1) is 23.3 Å². The normalized spacial score (nSPS) is 18.8. The van der Waals surface area contributed by atoms with E-state index >= 15 is 0 Å². The maximum Gasteiger partial charge on any atom is 0.0638 e. The standard InChI is InChI=1S/C32H20S/c1-2-10-21(11-3-1)31-24-13-4-6-15-26(24)32(27-16-7-5-14-25(27)31)22-18-19-30-28(20-22)23-12-8-9-17-29(23)33-30/h1-20H/i1D,2D,3D,4D,5D,6D,7D,8D,9D,10D,11D,12D,13D,14D,15D,16D,17D. The molecule has 0 aliphatic heterocycles. The third-order valence-electron chi connectivity index (χ3n) is 5.53. The first-order chi connectivity index (χ1) is 23.4. The van der Waals surface area contributed by atoms with Gasteiger partial charge in [0.15, 0.2) is 0 Å². The Morgan fingerprint density at radius 1 is 0.424 bits per heavy atom. The molecule has 0 saturated heterocycles. The van der Waals surface area contributed by atoms with Crippen LogP contribution in [0.25, 0.3) is 64.0 Å². The lowest BCUT2D eigenvalue weighted by Crippen LogP contribution is -1.90. The Kier molecular flexibility index (Phi) is 1.87. The monoisotopic (exact) mass is 453 g/mol. The van der Waals surface area contributed by atoms with Gasteiger partial charge in [-0.1, -0.05) is 103 Å². The SMILES string of the molecule is [2H]c1c([2H])c([2H])c(-c2c3c([2H])c([2H])c([2H])c([2H])c3c(-c3ccc4sc5c([2H])c([2H])c([2H])c([2H])c5c4c3)c3c([2H])c([2H])c([2H])c([2H])c23)c([2H])c1[2H]. The van der Waals surface area contributed by atoms with Crippen LogP contribution < -0.4 is 0 Å². The van der Waals surface area contributed by atoms with Crippen LogP contribution in [-0.4, -0.2) is 0 Å². The fourth-order valence-corrected chi connectivity index (χ4v) is 5.18. The average molecular weight is 454 g/mol. The molecule has 0 radical (unpaired) electrons. The molecule has 0 atom stereocenters. The highest BCUT2D eigenvalue weighted by molar-refractivity contribution is 7.25. The lowest BCUT2D eigenvalue weighted by molar-refractivity contribution is 1.66. The van der Waals surface area contributed by atoms with Crippen molar-refractivity contribution in [3.8, 4) is 22.3 Å². The van der Waals surface area contributed by atoms with Gasteiger partial charge in [0, 0.05) is 20.2 Å². The van der Waals surface area contributed by atoms with E-state index in [1.807, 2.05) is 0 Å². The Morgan fingerprint density at radius 3 is 1.58 bits per heavy atom. The van der Waals surface area contributed by atoms with Gasteiger partial charge in [-0.25, -0.2) is 0 Å². The van der Waals surface area contributed by atoms with Gasteiger partial charge in [0.1, 0.15) is 0 Å². The molecule has 7 aromatic rings. The second-order valence-electron chi connectivity index (χ2n) is 7.27. The Hall–Kier alpha value is -3.94. The van der Waals surface area contributed by atoms with Gasteiger partial charge in [-0.05, 0) is 62.0 Å². The van der Waals surface area contributed by atoms with Gasteiger partial charge in [0.2, 0.25) is 0 Å². The molecule has 33 heavy (non-hydrogen) atoms. The quantitative estimate of drug-likeness (QED) is 0.229. The molecule has 0 aliphatic carbocycles. The molecule has 0 bridgehead atoms. The van der Waals surface area contributed by atoms with Gasteiger partial charge < -0.3 is 0 Å². The number of fused-ring (bicyclic) bond motifs is 5. The molecule has 0 N–H and O–H groups in total. The molecule has 7 rings (SSSR count). The Bertz CT molecular complexity index is 2620. The Labute approximate surface area is 220 Å². The second-order valence-corrected chi connectivity index (χ2v) is 8.32. The van der Waals surface area contributed by atoms with E-state index in [4.69, 9.17) is 23.3 Å². The number of thiophene rings is 1. The van der Waals surface area contributed by atoms with E-state index in [2.05, 4.69) is 0 Å². The molecule has 154 valence electrons. The minimum Gasteiger partial charge on any atom is -0.135 e. The summed E-state index contributed by atoms with van der Waals surface area (Å²) in [4.78, 5) is 0. The molecule has 0 fully saturated rings. The summed E-state index contributed by atoms with van der Waals surface area (Å²) >= 11 is 1.12. The van der Waals surface area contributed by atoms with Crippen molar-refractivity contribution < 1.29 is 23.3 Å². The van der Waals surface area contributed by atoms with Crippen LogP contribution in [0.5, 0.6) is 0 Å². The smallest absolute Gasteiger partial charge is 0.0638 e. The molecular weight excluding hydrogens is 416 g/mol. The van der Waals surface area contributed by atoms with E-state index < -0.39 is 96.2 Å². The van der Waals surface area contributed by atoms with Crippen LogP contribution in [0.4, 0.5) is 0 Å². The van der Waals surface area contributed by atoms with Crippen molar-refractivity contribution in [2.24, 2.45) is 0 Å². The summed E-state index contributed by atoms with van der Waals surface area (Å²) in [5.74, 6) is 0. The summed E-state index contributed by atoms with van der Waals surface area (Å²) in [6.07, 6.45) is 0. The van der Waals surface area contributed by atoms with Crippen LogP contribution in [0.2, 0.25) is 0 Å². The minimum absolute atomic E-state index is 0.0628. The third kappa shape index (κ3) is 2.83. The van der Waals surface area contributed by atoms with Crippen LogP contribution in [0.15, 0.2) is 121 Å². The topological polar surface area (TPSA) is 0 Å². The molecule has 1 heterocycles. The molecule has 1 aromatic heterocycles. The third-order valence-corrected chi connectivity index (χ3v) is 6.61. The summed E-state index contributed by atoms with van der Waals surface area (Å²) in [5, 5.41) is -0.580. The lowest BCUT2D eigenvalue weighted by Gasteiger charge is -2.17. The van der Waals surface area contributed by atoms with Gasteiger partial charge in [0.25, 0.3) is 0 Å². The van der Waals surface area contributed by atoms with Crippen LogP contribution in [0.1, 0.15) is 23.3 Å². The minimum atomic E-state index is -0.757. The van der Waals surface area contributed by atoms with Gasteiger partial charge in [-0.2, -0.15) is 0 Å². The van der Waals surface area contributed by atoms with Crippen molar-refractivity contribution >= 4 is 53.1 Å². The van der Waals surface area contributed by atoms with Crippen LogP contribution in [-0.2, 0) is 0 Å². The molecule has 1 heteroatoms. The molecular formula is C32H20S. The number of rotatable bonds is 2. The van der Waals surface area contributed by atoms with Crippen molar-refractivity contribution in [3.63, 3.8) is 0 Å². The maximum atomic E-state index is 9.10. The Balaban J connectivity index is 1.83. The molecule has 0 unspecified atom stereocenters. The zero-order valence-electron chi connectivity index (χ0n) is 33.6. The molecule has 6 aromatic carbocycles. The first-order valence-electron chi connectivity index (χ1n) is 18.4. The summed E-state index contributed by atoms with van der Waals surface area (Å²) in [6.45, 7) is 0. The van der Waals surface area contributed by atoms with E-state index in [9.17, 15) is 0 Å². The predicted molar refractivity (Wildman–Crippen MR) is 145 cm³/mol. The van der Waals surface area contributed by atoms with Crippen molar-refractivity contribution in [3.05, 3.63) is 121 Å². The fourth-order valence-electron chi connectivity index (χ4n) is 4.19. The molecule has 0 aliphatic rings. The maximum absolute atomic E-state index is 9.10. The van der Waals surface area contributed by atoms with Crippen molar-refractivity contribution in [2.75, 3.05) is 0 Å². The number of hydrogen-bond acceptors (Lipinski definition) is 1. The second kappa shape index (κ2) is 7.30. The van der Waals surface area contributed by atoms with E-state index in [0.717, 1.165) is 11.3 Å². The zero-order valence-corrected chi connectivity index (χ0v) is 17.5. The van der Waals surface area contributed by atoms with E-state index in [0.29, 0.717) is 10.1 Å². The molecule has 0 spiro atoms. The van der Waals surface area contributed by atoms with Gasteiger partial charge in [-0.3, -0.25) is 0 Å². The fraction of sp³-hybridized carbons (Fsp3) is 0. The molecule has 0 amide bonds. The van der Waals surface area contributed by atoms with Crippen molar-refractivity contribution in [1.82, 2.24) is 0 Å². The predicted octanol–water partition coefficient (Wildman–Crippen LogP) is 9.69. The summed E-state index contributed by atoms with van der Waals surface area (Å²) in [6, 6.07) is -5.86. The van der Waals surface area contributed by atoms with E-state index in [1.54, 1.807) is 12.1 Å². The van der Waals surface area contributed by atoms with E-state index in [1.165, 1.54) is 6.07 Å². The largest absolute Gasteiger partial charge is 0.135 e. The molecule has 0 saturated carbocycles. The Morgan fingerprint density at radius 2 is 0.939 bits per heavy atom. The van der Waals surface area contributed by atoms with Crippen molar-refractivity contribution in [2.45, 2.75) is 0 Å². The highest BCUT2D eigenvalue weighted by atomic mass is 32.1.